The molecular weight excluding hydrogens is 296 g/mol. The molecule has 6 heteroatoms. The third kappa shape index (κ3) is 4.00. The molecule has 23 heavy (non-hydrogen) atoms. The fourth-order valence-corrected chi connectivity index (χ4v) is 3.26. The topological polar surface area (TPSA) is 60.9 Å². The molecule has 1 atom stereocenters. The van der Waals surface area contributed by atoms with Crippen molar-refractivity contribution in [2.24, 2.45) is 0 Å². The Morgan fingerprint density at radius 1 is 1.43 bits per heavy atom. The molecule has 1 spiro atoms. The van der Waals surface area contributed by atoms with Crippen LogP contribution in [0.15, 0.2) is 24.4 Å². The van der Waals surface area contributed by atoms with Crippen molar-refractivity contribution < 1.29 is 19.0 Å². The second kappa shape index (κ2) is 7.27. The molecule has 6 nitrogen and oxygen atoms in total. The van der Waals surface area contributed by atoms with Gasteiger partial charge in [0.05, 0.1) is 12.2 Å². The Morgan fingerprint density at radius 3 is 2.96 bits per heavy atom. The summed E-state index contributed by atoms with van der Waals surface area (Å²) in [5.74, 6) is 0.712. The van der Waals surface area contributed by atoms with E-state index in [1.807, 2.05) is 30.0 Å². The number of ether oxygens (including phenoxy) is 3. The summed E-state index contributed by atoms with van der Waals surface area (Å²) in [7, 11) is 0. The van der Waals surface area contributed by atoms with Crippen LogP contribution in [-0.4, -0.2) is 60.4 Å². The minimum atomic E-state index is -0.151. The Morgan fingerprint density at radius 2 is 2.26 bits per heavy atom. The van der Waals surface area contributed by atoms with E-state index in [2.05, 4.69) is 4.98 Å². The number of amides is 1. The van der Waals surface area contributed by atoms with Crippen LogP contribution in [0.25, 0.3) is 0 Å². The minimum Gasteiger partial charge on any atom is -0.472 e. The number of hydrogen-bond acceptors (Lipinski definition) is 5. The van der Waals surface area contributed by atoms with E-state index in [1.54, 1.807) is 6.20 Å². The van der Waals surface area contributed by atoms with Crippen molar-refractivity contribution >= 4 is 5.91 Å². The van der Waals surface area contributed by atoms with Crippen molar-refractivity contribution in [1.82, 2.24) is 9.88 Å². The van der Waals surface area contributed by atoms with Gasteiger partial charge in [0.25, 0.3) is 0 Å². The maximum absolute atomic E-state index is 12.0. The normalized spacial score (nSPS) is 23.2. The third-order valence-corrected chi connectivity index (χ3v) is 4.56. The van der Waals surface area contributed by atoms with E-state index in [1.165, 1.54) is 0 Å². The lowest BCUT2D eigenvalue weighted by Gasteiger charge is -2.38. The van der Waals surface area contributed by atoms with Gasteiger partial charge in [-0.3, -0.25) is 4.79 Å². The van der Waals surface area contributed by atoms with Crippen LogP contribution >= 0.6 is 0 Å². The first-order valence-electron chi connectivity index (χ1n) is 8.28. The maximum atomic E-state index is 12.0. The lowest BCUT2D eigenvalue weighted by atomic mass is 9.88. The summed E-state index contributed by atoms with van der Waals surface area (Å²) in [6.07, 6.45) is 4.33. The quantitative estimate of drug-likeness (QED) is 0.825. The van der Waals surface area contributed by atoms with Crippen LogP contribution in [0.4, 0.5) is 0 Å². The molecular formula is C17H24N2O4. The Balaban J connectivity index is 1.48. The van der Waals surface area contributed by atoms with Gasteiger partial charge in [0.15, 0.2) is 0 Å². The molecule has 2 aliphatic rings. The highest BCUT2D eigenvalue weighted by Crippen LogP contribution is 2.37. The number of rotatable bonds is 5. The molecule has 0 saturated carbocycles. The predicted molar refractivity (Wildman–Crippen MR) is 84.3 cm³/mol. The molecule has 2 saturated heterocycles. The molecule has 0 aromatic carbocycles. The Kier molecular flexibility index (Phi) is 5.13. The van der Waals surface area contributed by atoms with Gasteiger partial charge in [0, 0.05) is 38.4 Å². The molecule has 0 N–H and O–H groups in total. The van der Waals surface area contributed by atoms with Crippen LogP contribution in [0, 0.1) is 0 Å². The smallest absolute Gasteiger partial charge is 0.248 e. The van der Waals surface area contributed by atoms with Gasteiger partial charge in [-0.1, -0.05) is 6.07 Å². The van der Waals surface area contributed by atoms with Crippen LogP contribution in [0.5, 0.6) is 5.88 Å². The number of carbonyl (C=O) groups is 1. The summed E-state index contributed by atoms with van der Waals surface area (Å²) in [6, 6.07) is 5.64. The van der Waals surface area contributed by atoms with Crippen molar-refractivity contribution in [3.8, 4) is 5.88 Å². The number of hydrogen-bond donors (Lipinski definition) is 0. The van der Waals surface area contributed by atoms with Crippen LogP contribution in [0.1, 0.15) is 26.2 Å². The van der Waals surface area contributed by atoms with Crippen LogP contribution < -0.4 is 4.74 Å². The molecule has 1 amide bonds. The van der Waals surface area contributed by atoms with E-state index >= 15 is 0 Å². The molecule has 0 aliphatic carbocycles. The van der Waals surface area contributed by atoms with Gasteiger partial charge in [-0.25, -0.2) is 4.98 Å². The first-order chi connectivity index (χ1) is 11.2. The van der Waals surface area contributed by atoms with Gasteiger partial charge in [-0.05, 0) is 25.8 Å². The number of nitrogens with zero attached hydrogens (tertiary/aromatic N) is 2. The number of pyridine rings is 1. The van der Waals surface area contributed by atoms with Gasteiger partial charge in [0.2, 0.25) is 11.8 Å². The van der Waals surface area contributed by atoms with E-state index in [-0.39, 0.29) is 24.2 Å². The van der Waals surface area contributed by atoms with Gasteiger partial charge in [0.1, 0.15) is 12.7 Å². The van der Waals surface area contributed by atoms with Gasteiger partial charge < -0.3 is 19.1 Å². The number of likely N-dealkylation sites (tertiary alicyclic amines) is 1. The Bertz CT molecular complexity index is 515. The molecule has 126 valence electrons. The largest absolute Gasteiger partial charge is 0.472 e. The second-order valence-corrected chi connectivity index (χ2v) is 6.12. The lowest BCUT2D eigenvalue weighted by molar-refractivity contribution is -0.140. The molecule has 0 unspecified atom stereocenters. The molecule has 3 rings (SSSR count). The molecule has 3 heterocycles. The van der Waals surface area contributed by atoms with Crippen molar-refractivity contribution in [1.29, 1.82) is 0 Å². The fourth-order valence-electron chi connectivity index (χ4n) is 3.26. The summed E-state index contributed by atoms with van der Waals surface area (Å²) in [4.78, 5) is 18.1. The molecule has 2 aliphatic heterocycles. The summed E-state index contributed by atoms with van der Waals surface area (Å²) in [6.45, 7) is 4.68. The van der Waals surface area contributed by atoms with Crippen molar-refractivity contribution in [2.45, 2.75) is 37.9 Å². The minimum absolute atomic E-state index is 0.0376. The standard InChI is InChI=1S/C17H24N2O4/c1-2-21-13-16(20)19-9-6-17(7-10-19)11-14(12-22-17)23-15-5-3-4-8-18-15/h3-5,8,14H,2,6-7,9-13H2,1H3/t14-/m1/s1. The zero-order chi connectivity index (χ0) is 16.1. The number of piperidine rings is 1. The average Bonchev–Trinajstić information content (AvgIpc) is 2.96. The lowest BCUT2D eigenvalue weighted by Crippen LogP contribution is -2.47. The Hall–Kier alpha value is -1.66. The van der Waals surface area contributed by atoms with Gasteiger partial charge in [-0.15, -0.1) is 0 Å². The monoisotopic (exact) mass is 320 g/mol. The predicted octanol–water partition coefficient (Wildman–Crippen LogP) is 1.65. The zero-order valence-electron chi connectivity index (χ0n) is 13.6. The highest BCUT2D eigenvalue weighted by atomic mass is 16.6. The highest BCUT2D eigenvalue weighted by Gasteiger charge is 2.44. The van der Waals surface area contributed by atoms with E-state index in [0.29, 0.717) is 19.1 Å². The van der Waals surface area contributed by atoms with Crippen LogP contribution in [-0.2, 0) is 14.3 Å². The first kappa shape index (κ1) is 16.2. The van der Waals surface area contributed by atoms with Crippen LogP contribution in [0.2, 0.25) is 0 Å². The number of carbonyl (C=O) groups excluding carboxylic acids is 1. The summed E-state index contributed by atoms with van der Waals surface area (Å²) < 4.78 is 17.1. The molecule has 2 fully saturated rings. The van der Waals surface area contributed by atoms with Crippen LogP contribution in [0.3, 0.4) is 0 Å². The zero-order valence-corrected chi connectivity index (χ0v) is 13.6. The Labute approximate surface area is 136 Å². The maximum Gasteiger partial charge on any atom is 0.248 e. The summed E-state index contributed by atoms with van der Waals surface area (Å²) >= 11 is 0. The van der Waals surface area contributed by atoms with Crippen molar-refractivity contribution in [3.63, 3.8) is 0 Å². The summed E-state index contributed by atoms with van der Waals surface area (Å²) in [5.41, 5.74) is -0.151. The third-order valence-electron chi connectivity index (χ3n) is 4.56. The first-order valence-corrected chi connectivity index (χ1v) is 8.28. The second-order valence-electron chi connectivity index (χ2n) is 6.12. The fraction of sp³-hybridized carbons (Fsp3) is 0.647. The van der Waals surface area contributed by atoms with E-state index in [0.717, 1.165) is 32.4 Å². The molecule has 0 bridgehead atoms. The molecule has 1 aromatic heterocycles. The van der Waals surface area contributed by atoms with E-state index in [4.69, 9.17) is 14.2 Å². The van der Waals surface area contributed by atoms with E-state index < -0.39 is 0 Å². The highest BCUT2D eigenvalue weighted by molar-refractivity contribution is 5.77. The van der Waals surface area contributed by atoms with Gasteiger partial charge in [-0.2, -0.15) is 0 Å². The number of aromatic nitrogens is 1. The van der Waals surface area contributed by atoms with Crippen molar-refractivity contribution in [3.05, 3.63) is 24.4 Å². The van der Waals surface area contributed by atoms with Gasteiger partial charge >= 0.3 is 0 Å². The SMILES string of the molecule is CCOCC(=O)N1CCC2(CC1)C[C@@H](Oc1ccccn1)CO2. The average molecular weight is 320 g/mol. The van der Waals surface area contributed by atoms with E-state index in [9.17, 15) is 4.79 Å². The molecule has 0 radical (unpaired) electrons. The summed E-state index contributed by atoms with van der Waals surface area (Å²) in [5, 5.41) is 0. The van der Waals surface area contributed by atoms with Crippen molar-refractivity contribution in [2.75, 3.05) is 32.9 Å². The molecule has 1 aromatic rings.